The van der Waals surface area contributed by atoms with Gasteiger partial charge >= 0.3 is 12.1 Å². The fourth-order valence-electron chi connectivity index (χ4n) is 3.35. The van der Waals surface area contributed by atoms with E-state index in [9.17, 15) is 18.0 Å². The Balaban J connectivity index is 1.79. The average molecular weight is 467 g/mol. The van der Waals surface area contributed by atoms with Gasteiger partial charge in [-0.3, -0.25) is 0 Å². The first-order valence-electron chi connectivity index (χ1n) is 10.0. The molecule has 170 valence electrons. The molecule has 4 nitrogen and oxygen atoms in total. The number of hydrogen-bond acceptors (Lipinski definition) is 3. The highest BCUT2D eigenvalue weighted by atomic mass is 35.5. The Morgan fingerprint density at radius 3 is 2.38 bits per heavy atom. The third-order valence-electron chi connectivity index (χ3n) is 5.03. The smallest absolute Gasteiger partial charge is 0.449 e. The van der Waals surface area contributed by atoms with Crippen LogP contribution in [0.1, 0.15) is 35.8 Å². The molecular weight excluding hydrogens is 445 g/mol. The van der Waals surface area contributed by atoms with E-state index in [-0.39, 0.29) is 17.7 Å². The van der Waals surface area contributed by atoms with Gasteiger partial charge in [0.15, 0.2) is 6.10 Å². The number of carboxylic acid groups (broad SMARTS) is 1. The zero-order valence-electron chi connectivity index (χ0n) is 17.5. The minimum absolute atomic E-state index is 0.0670. The highest BCUT2D eigenvalue weighted by molar-refractivity contribution is 6.30. The van der Waals surface area contributed by atoms with E-state index in [1.54, 1.807) is 56.3 Å². The first kappa shape index (κ1) is 23.7. The Labute approximate surface area is 188 Å². The molecule has 3 aromatic rings. The van der Waals surface area contributed by atoms with Gasteiger partial charge in [0, 0.05) is 16.1 Å². The second-order valence-corrected chi connectivity index (χ2v) is 7.86. The van der Waals surface area contributed by atoms with Crippen LogP contribution in [0.25, 0.3) is 11.3 Å². The summed E-state index contributed by atoms with van der Waals surface area (Å²) in [7, 11) is 0. The van der Waals surface area contributed by atoms with Crippen molar-refractivity contribution in [2.24, 2.45) is 0 Å². The second kappa shape index (κ2) is 9.69. The normalized spacial score (nSPS) is 12.6. The van der Waals surface area contributed by atoms with Gasteiger partial charge in [-0.25, -0.2) is 4.79 Å². The van der Waals surface area contributed by atoms with Crippen molar-refractivity contribution < 1.29 is 32.2 Å². The van der Waals surface area contributed by atoms with Crippen LogP contribution in [0, 0.1) is 6.92 Å². The van der Waals surface area contributed by atoms with Gasteiger partial charge in [0.2, 0.25) is 5.76 Å². The maximum absolute atomic E-state index is 13.5. The number of carboxylic acids is 1. The molecule has 3 rings (SSSR count). The van der Waals surface area contributed by atoms with Crippen molar-refractivity contribution in [2.75, 3.05) is 0 Å². The highest BCUT2D eigenvalue weighted by Gasteiger charge is 2.38. The highest BCUT2D eigenvalue weighted by Crippen LogP contribution is 2.38. The van der Waals surface area contributed by atoms with E-state index in [2.05, 4.69) is 0 Å². The molecule has 0 aliphatic rings. The molecule has 0 aliphatic carbocycles. The number of alkyl halides is 3. The van der Waals surface area contributed by atoms with Crippen LogP contribution in [0.4, 0.5) is 13.2 Å². The number of halogens is 4. The van der Waals surface area contributed by atoms with Crippen molar-refractivity contribution >= 4 is 17.6 Å². The van der Waals surface area contributed by atoms with E-state index >= 15 is 0 Å². The first-order valence-corrected chi connectivity index (χ1v) is 10.4. The molecule has 0 fully saturated rings. The summed E-state index contributed by atoms with van der Waals surface area (Å²) in [6, 6.07) is 13.0. The Hall–Kier alpha value is -2.93. The molecule has 0 bridgehead atoms. The van der Waals surface area contributed by atoms with E-state index in [0.717, 1.165) is 5.56 Å². The van der Waals surface area contributed by atoms with Crippen molar-refractivity contribution in [2.45, 2.75) is 45.4 Å². The number of benzene rings is 2. The Bertz CT molecular complexity index is 1090. The maximum atomic E-state index is 13.5. The number of ether oxygens (including phenoxy) is 1. The van der Waals surface area contributed by atoms with E-state index in [0.29, 0.717) is 34.7 Å². The Kier molecular flexibility index (Phi) is 7.19. The summed E-state index contributed by atoms with van der Waals surface area (Å²) in [6.07, 6.45) is -4.78. The summed E-state index contributed by atoms with van der Waals surface area (Å²) in [5.41, 5.74) is 2.10. The molecule has 1 heterocycles. The van der Waals surface area contributed by atoms with Crippen molar-refractivity contribution in [3.8, 4) is 17.1 Å². The molecule has 32 heavy (non-hydrogen) atoms. The van der Waals surface area contributed by atoms with Crippen molar-refractivity contribution in [3.63, 3.8) is 0 Å². The molecule has 0 saturated carbocycles. The van der Waals surface area contributed by atoms with Gasteiger partial charge in [-0.15, -0.1) is 0 Å². The van der Waals surface area contributed by atoms with E-state index in [1.165, 1.54) is 6.07 Å². The quantitative estimate of drug-likeness (QED) is 0.390. The summed E-state index contributed by atoms with van der Waals surface area (Å²) < 4.78 is 51.3. The molecule has 1 N–H and O–H groups in total. The fraction of sp³-hybridized carbons (Fsp3) is 0.292. The predicted octanol–water partition coefficient (Wildman–Crippen LogP) is 6.95. The van der Waals surface area contributed by atoms with Crippen molar-refractivity contribution in [1.82, 2.24) is 0 Å². The number of carbonyl (C=O) groups is 1. The second-order valence-electron chi connectivity index (χ2n) is 7.42. The predicted molar refractivity (Wildman–Crippen MR) is 115 cm³/mol. The molecule has 2 aromatic carbocycles. The molecule has 8 heteroatoms. The maximum Gasteiger partial charge on any atom is 0.449 e. The van der Waals surface area contributed by atoms with Crippen LogP contribution in [-0.2, 0) is 23.8 Å². The zero-order chi connectivity index (χ0) is 23.5. The summed E-state index contributed by atoms with van der Waals surface area (Å²) in [5, 5.41) is 9.63. The van der Waals surface area contributed by atoms with Gasteiger partial charge in [-0.1, -0.05) is 30.7 Å². The summed E-state index contributed by atoms with van der Waals surface area (Å²) in [4.78, 5) is 11.2. The van der Waals surface area contributed by atoms with Gasteiger partial charge in [0.25, 0.3) is 0 Å². The molecule has 0 amide bonds. The van der Waals surface area contributed by atoms with E-state index in [1.807, 2.05) is 0 Å². The number of aliphatic carboxylic acids is 1. The molecule has 0 saturated heterocycles. The molecule has 0 aliphatic heterocycles. The Morgan fingerprint density at radius 2 is 1.81 bits per heavy atom. The number of hydrogen-bond donors (Lipinski definition) is 1. The Morgan fingerprint density at radius 1 is 1.12 bits per heavy atom. The van der Waals surface area contributed by atoms with Crippen LogP contribution >= 0.6 is 11.6 Å². The number of rotatable bonds is 8. The minimum atomic E-state index is -4.61. The summed E-state index contributed by atoms with van der Waals surface area (Å²) in [6.45, 7) is 3.48. The zero-order valence-corrected chi connectivity index (χ0v) is 18.3. The third-order valence-corrected chi connectivity index (χ3v) is 5.28. The lowest BCUT2D eigenvalue weighted by Gasteiger charge is -2.16. The summed E-state index contributed by atoms with van der Waals surface area (Å²) >= 11 is 5.85. The average Bonchev–Trinajstić information content (AvgIpc) is 3.16. The molecule has 1 atom stereocenters. The van der Waals surface area contributed by atoms with Gasteiger partial charge in [0.1, 0.15) is 11.5 Å². The van der Waals surface area contributed by atoms with Crippen molar-refractivity contribution in [3.05, 3.63) is 76.0 Å². The molecule has 0 spiro atoms. The molecule has 1 unspecified atom stereocenters. The molecular formula is C24H22ClF3O4. The first-order chi connectivity index (χ1) is 15.1. The van der Waals surface area contributed by atoms with Crippen LogP contribution in [0.2, 0.25) is 5.02 Å². The van der Waals surface area contributed by atoms with Gasteiger partial charge < -0.3 is 14.3 Å². The summed E-state index contributed by atoms with van der Waals surface area (Å²) in [5.74, 6) is -1.49. The van der Waals surface area contributed by atoms with Crippen molar-refractivity contribution in [1.29, 1.82) is 0 Å². The van der Waals surface area contributed by atoms with Gasteiger partial charge in [-0.2, -0.15) is 13.2 Å². The van der Waals surface area contributed by atoms with Crippen LogP contribution in [0.3, 0.4) is 0 Å². The van der Waals surface area contributed by atoms with Crippen LogP contribution < -0.4 is 4.74 Å². The van der Waals surface area contributed by atoms with Gasteiger partial charge in [0.05, 0.1) is 0 Å². The lowest BCUT2D eigenvalue weighted by atomic mass is 10.0. The van der Waals surface area contributed by atoms with Gasteiger partial charge in [-0.05, 0) is 73.7 Å². The van der Waals surface area contributed by atoms with Crippen LogP contribution in [0.5, 0.6) is 5.75 Å². The standard InChI is InChI=1S/C24H22ClF3O4/c1-3-19(23(29)30)31-20-11-5-15(12-14(20)2)4-6-17-13-21(32-22(17)24(26,27)28)16-7-9-18(25)10-8-16/h5,7-13,19H,3-4,6H2,1-2H3,(H,29,30). The monoisotopic (exact) mass is 466 g/mol. The minimum Gasteiger partial charge on any atom is -0.479 e. The van der Waals surface area contributed by atoms with E-state index < -0.39 is 24.0 Å². The van der Waals surface area contributed by atoms with Crippen LogP contribution in [0.15, 0.2) is 52.9 Å². The van der Waals surface area contributed by atoms with E-state index in [4.69, 9.17) is 25.9 Å². The lowest BCUT2D eigenvalue weighted by molar-refractivity contribution is -0.153. The fourth-order valence-corrected chi connectivity index (χ4v) is 3.48. The lowest BCUT2D eigenvalue weighted by Crippen LogP contribution is -2.26. The molecule has 0 radical (unpaired) electrons. The topological polar surface area (TPSA) is 59.7 Å². The number of aryl methyl sites for hydroxylation is 3. The largest absolute Gasteiger partial charge is 0.479 e. The SMILES string of the molecule is CCC(Oc1ccc(CCc2cc(-c3ccc(Cl)cc3)oc2C(F)(F)F)cc1C)C(=O)O. The van der Waals surface area contributed by atoms with Crippen LogP contribution in [-0.4, -0.2) is 17.2 Å². The third kappa shape index (κ3) is 5.65. The number of furan rings is 1. The molecule has 1 aromatic heterocycles.